The van der Waals surface area contributed by atoms with Crippen LogP contribution in [0.4, 0.5) is 11.4 Å². The molecule has 1 aliphatic heterocycles. The lowest BCUT2D eigenvalue weighted by Crippen LogP contribution is -2.28. The molecule has 3 rings (SSSR count). The van der Waals surface area contributed by atoms with E-state index in [4.69, 9.17) is 23.2 Å². The first-order valence-corrected chi connectivity index (χ1v) is 8.73. The summed E-state index contributed by atoms with van der Waals surface area (Å²) < 4.78 is 0. The van der Waals surface area contributed by atoms with Crippen LogP contribution in [0.15, 0.2) is 36.4 Å². The van der Waals surface area contributed by atoms with Crippen LogP contribution >= 0.6 is 23.2 Å². The molecule has 1 aliphatic rings. The summed E-state index contributed by atoms with van der Waals surface area (Å²) in [4.78, 5) is 26.6. The van der Waals surface area contributed by atoms with Gasteiger partial charge < -0.3 is 10.2 Å². The number of nitrogens with zero attached hydrogens (tertiary/aromatic N) is 1. The number of hydrogen-bond acceptors (Lipinski definition) is 2. The number of anilines is 2. The first-order chi connectivity index (χ1) is 11.8. The summed E-state index contributed by atoms with van der Waals surface area (Å²) in [5, 5.41) is 3.66. The van der Waals surface area contributed by atoms with Crippen molar-refractivity contribution in [1.82, 2.24) is 0 Å². The number of halogens is 2. The molecule has 1 saturated heterocycles. The van der Waals surface area contributed by atoms with Gasteiger partial charge in [-0.1, -0.05) is 29.3 Å². The van der Waals surface area contributed by atoms with Crippen LogP contribution in [-0.4, -0.2) is 18.4 Å². The Balaban J connectivity index is 1.74. The van der Waals surface area contributed by atoms with Gasteiger partial charge in [-0.3, -0.25) is 9.59 Å². The fourth-order valence-electron chi connectivity index (χ4n) is 3.06. The van der Waals surface area contributed by atoms with Gasteiger partial charge in [0.15, 0.2) is 0 Å². The number of aryl methyl sites for hydroxylation is 2. The minimum absolute atomic E-state index is 0.0487. The summed E-state index contributed by atoms with van der Waals surface area (Å²) in [6.45, 7) is 4.34. The second-order valence-electron chi connectivity index (χ2n) is 6.36. The van der Waals surface area contributed by atoms with E-state index in [1.165, 1.54) is 0 Å². The van der Waals surface area contributed by atoms with Crippen LogP contribution in [0.2, 0.25) is 10.0 Å². The molecule has 2 aromatic rings. The maximum atomic E-state index is 12.5. The van der Waals surface area contributed by atoms with E-state index >= 15 is 0 Å². The predicted octanol–water partition coefficient (Wildman–Crippen LogP) is 4.60. The molecule has 0 spiro atoms. The second-order valence-corrected chi connectivity index (χ2v) is 7.21. The van der Waals surface area contributed by atoms with E-state index in [-0.39, 0.29) is 18.2 Å². The third-order valence-electron chi connectivity index (χ3n) is 4.20. The fourth-order valence-corrected chi connectivity index (χ4v) is 3.52. The zero-order valence-corrected chi connectivity index (χ0v) is 15.5. The molecule has 0 aliphatic carbocycles. The first kappa shape index (κ1) is 17.8. The van der Waals surface area contributed by atoms with Crippen molar-refractivity contribution in [3.8, 4) is 0 Å². The molecule has 6 heteroatoms. The molecular formula is C19H18Cl2N2O2. The Morgan fingerprint density at radius 3 is 2.44 bits per heavy atom. The van der Waals surface area contributed by atoms with Gasteiger partial charge in [-0.05, 0) is 55.3 Å². The van der Waals surface area contributed by atoms with Crippen LogP contribution in [-0.2, 0) is 9.59 Å². The smallest absolute Gasteiger partial charge is 0.229 e. The maximum Gasteiger partial charge on any atom is 0.229 e. The number of amides is 2. The zero-order chi connectivity index (χ0) is 18.1. The molecule has 0 radical (unpaired) electrons. The van der Waals surface area contributed by atoms with Crippen LogP contribution in [0.5, 0.6) is 0 Å². The van der Waals surface area contributed by atoms with E-state index in [2.05, 4.69) is 11.4 Å². The topological polar surface area (TPSA) is 49.4 Å². The fraction of sp³-hybridized carbons (Fsp3) is 0.263. The van der Waals surface area contributed by atoms with Crippen LogP contribution < -0.4 is 10.2 Å². The summed E-state index contributed by atoms with van der Waals surface area (Å²) in [6, 6.07) is 10.9. The Kier molecular flexibility index (Phi) is 5.02. The third kappa shape index (κ3) is 3.97. The SMILES string of the molecule is Cc1cc(C)cc(N2C[C@H](C(=O)Nc3ccc(Cl)cc3Cl)CC2=O)c1. The Morgan fingerprint density at radius 2 is 1.80 bits per heavy atom. The lowest BCUT2D eigenvalue weighted by atomic mass is 10.1. The van der Waals surface area contributed by atoms with Gasteiger partial charge in [0.05, 0.1) is 16.6 Å². The van der Waals surface area contributed by atoms with Crippen LogP contribution in [0.25, 0.3) is 0 Å². The maximum absolute atomic E-state index is 12.5. The van der Waals surface area contributed by atoms with Crippen molar-refractivity contribution in [2.45, 2.75) is 20.3 Å². The summed E-state index contributed by atoms with van der Waals surface area (Å²) in [5.41, 5.74) is 3.50. The molecule has 0 unspecified atom stereocenters. The number of carbonyl (C=O) groups is 2. The molecule has 1 atom stereocenters. The molecule has 25 heavy (non-hydrogen) atoms. The highest BCUT2D eigenvalue weighted by Crippen LogP contribution is 2.29. The van der Waals surface area contributed by atoms with Crippen molar-refractivity contribution >= 4 is 46.4 Å². The highest BCUT2D eigenvalue weighted by Gasteiger charge is 2.35. The normalized spacial score (nSPS) is 17.0. The van der Waals surface area contributed by atoms with Crippen molar-refractivity contribution < 1.29 is 9.59 Å². The zero-order valence-electron chi connectivity index (χ0n) is 14.0. The van der Waals surface area contributed by atoms with Gasteiger partial charge in [0.2, 0.25) is 11.8 Å². The third-order valence-corrected chi connectivity index (χ3v) is 4.75. The minimum atomic E-state index is -0.417. The molecule has 0 saturated carbocycles. The average molecular weight is 377 g/mol. The van der Waals surface area contributed by atoms with E-state index < -0.39 is 5.92 Å². The van der Waals surface area contributed by atoms with E-state index in [0.29, 0.717) is 22.3 Å². The summed E-state index contributed by atoms with van der Waals surface area (Å²) in [6.07, 6.45) is 0.185. The van der Waals surface area contributed by atoms with Gasteiger partial charge in [-0.2, -0.15) is 0 Å². The standard InChI is InChI=1S/C19H18Cl2N2O2/c1-11-5-12(2)7-15(6-11)23-10-13(8-18(23)24)19(25)22-17-4-3-14(20)9-16(17)21/h3-7,9,13H,8,10H2,1-2H3,(H,22,25)/t13-/m1/s1. The van der Waals surface area contributed by atoms with Gasteiger partial charge in [-0.15, -0.1) is 0 Å². The van der Waals surface area contributed by atoms with E-state index in [1.54, 1.807) is 23.1 Å². The number of benzene rings is 2. The molecule has 4 nitrogen and oxygen atoms in total. The van der Waals surface area contributed by atoms with Gasteiger partial charge >= 0.3 is 0 Å². The average Bonchev–Trinajstić information content (AvgIpc) is 2.91. The van der Waals surface area contributed by atoms with E-state index in [1.807, 2.05) is 26.0 Å². The molecule has 0 bridgehead atoms. The van der Waals surface area contributed by atoms with E-state index in [9.17, 15) is 9.59 Å². The van der Waals surface area contributed by atoms with Crippen molar-refractivity contribution in [1.29, 1.82) is 0 Å². The van der Waals surface area contributed by atoms with Gasteiger partial charge in [-0.25, -0.2) is 0 Å². The first-order valence-electron chi connectivity index (χ1n) is 7.98. The molecule has 1 fully saturated rings. The number of carbonyl (C=O) groups excluding carboxylic acids is 2. The molecule has 1 N–H and O–H groups in total. The summed E-state index contributed by atoms with van der Waals surface area (Å²) in [7, 11) is 0. The lowest BCUT2D eigenvalue weighted by Gasteiger charge is -2.18. The van der Waals surface area contributed by atoms with Crippen molar-refractivity contribution in [2.75, 3.05) is 16.8 Å². The summed E-state index contributed by atoms with van der Waals surface area (Å²) in [5.74, 6) is -0.683. The highest BCUT2D eigenvalue weighted by molar-refractivity contribution is 6.36. The van der Waals surface area contributed by atoms with Gasteiger partial charge in [0.1, 0.15) is 0 Å². The number of nitrogens with one attached hydrogen (secondary N) is 1. The van der Waals surface area contributed by atoms with Crippen LogP contribution in [0.3, 0.4) is 0 Å². The van der Waals surface area contributed by atoms with Crippen LogP contribution in [0.1, 0.15) is 17.5 Å². The summed E-state index contributed by atoms with van der Waals surface area (Å²) >= 11 is 12.0. The van der Waals surface area contributed by atoms with Crippen molar-refractivity contribution in [3.05, 3.63) is 57.6 Å². The van der Waals surface area contributed by atoms with Crippen molar-refractivity contribution in [3.63, 3.8) is 0 Å². The Morgan fingerprint density at radius 1 is 1.12 bits per heavy atom. The van der Waals surface area contributed by atoms with Gasteiger partial charge in [0.25, 0.3) is 0 Å². The Hall–Kier alpha value is -2.04. The monoisotopic (exact) mass is 376 g/mol. The molecule has 130 valence electrons. The number of rotatable bonds is 3. The molecule has 1 heterocycles. The van der Waals surface area contributed by atoms with Crippen molar-refractivity contribution in [2.24, 2.45) is 5.92 Å². The molecule has 2 aromatic carbocycles. The predicted molar refractivity (Wildman–Crippen MR) is 101 cm³/mol. The van der Waals surface area contributed by atoms with E-state index in [0.717, 1.165) is 16.8 Å². The van der Waals surface area contributed by atoms with Gasteiger partial charge in [0, 0.05) is 23.7 Å². The highest BCUT2D eigenvalue weighted by atomic mass is 35.5. The van der Waals surface area contributed by atoms with Crippen LogP contribution in [0, 0.1) is 19.8 Å². The lowest BCUT2D eigenvalue weighted by molar-refractivity contribution is -0.122. The Labute approximate surface area is 156 Å². The number of hydrogen-bond donors (Lipinski definition) is 1. The molecular weight excluding hydrogens is 359 g/mol. The Bertz CT molecular complexity index is 831. The molecule has 2 amide bonds. The largest absolute Gasteiger partial charge is 0.324 e. The quantitative estimate of drug-likeness (QED) is 0.850. The molecule has 0 aromatic heterocycles. The minimum Gasteiger partial charge on any atom is -0.324 e. The second kappa shape index (κ2) is 7.06.